The molecule has 1 aromatic carbocycles. The van der Waals surface area contributed by atoms with Crippen molar-refractivity contribution in [3.8, 4) is 5.75 Å². The first kappa shape index (κ1) is 32.0. The Kier molecular flexibility index (Phi) is 12.2. The maximum atomic E-state index is 12.5. The van der Waals surface area contributed by atoms with Crippen LogP contribution in [0.1, 0.15) is 78.4 Å². The molecule has 0 spiro atoms. The zero-order valence-electron chi connectivity index (χ0n) is 23.9. The van der Waals surface area contributed by atoms with Crippen molar-refractivity contribution in [1.29, 1.82) is 0 Å². The SMILES string of the molecule is CC(=O)OCC1OC(OCCOC(=O)Oc2c(C(C)C)cccc2C(C)C)[C@H](OC(C)=O)C(OC(C)=O)[C@@H]1C. The van der Waals surface area contributed by atoms with Crippen LogP contribution in [-0.4, -0.2) is 68.5 Å². The molecule has 0 amide bonds. The van der Waals surface area contributed by atoms with Gasteiger partial charge < -0.3 is 33.2 Å². The van der Waals surface area contributed by atoms with Crippen LogP contribution in [0.4, 0.5) is 4.79 Å². The lowest BCUT2D eigenvalue weighted by molar-refractivity contribution is -0.295. The minimum absolute atomic E-state index is 0.128. The van der Waals surface area contributed by atoms with Crippen LogP contribution < -0.4 is 4.74 Å². The summed E-state index contributed by atoms with van der Waals surface area (Å²) in [5.41, 5.74) is 1.78. The Morgan fingerprint density at radius 1 is 0.821 bits per heavy atom. The van der Waals surface area contributed by atoms with Gasteiger partial charge in [-0.2, -0.15) is 0 Å². The smallest absolute Gasteiger partial charge is 0.463 e. The van der Waals surface area contributed by atoms with Crippen LogP contribution in [-0.2, 0) is 42.8 Å². The van der Waals surface area contributed by atoms with Gasteiger partial charge in [0.15, 0.2) is 12.4 Å². The van der Waals surface area contributed by atoms with Gasteiger partial charge in [0.05, 0.1) is 6.61 Å². The van der Waals surface area contributed by atoms with Gasteiger partial charge >= 0.3 is 24.1 Å². The number of para-hydroxylation sites is 1. The molecule has 5 atom stereocenters. The molecule has 1 aliphatic heterocycles. The Bertz CT molecular complexity index is 977. The van der Waals surface area contributed by atoms with Gasteiger partial charge in [-0.1, -0.05) is 52.8 Å². The van der Waals surface area contributed by atoms with Gasteiger partial charge in [-0.05, 0) is 23.0 Å². The fraction of sp³-hybridized carbons (Fsp3) is 0.643. The molecule has 0 bridgehead atoms. The fourth-order valence-corrected chi connectivity index (χ4v) is 4.25. The van der Waals surface area contributed by atoms with E-state index in [1.807, 2.05) is 45.9 Å². The van der Waals surface area contributed by atoms with E-state index in [9.17, 15) is 19.2 Å². The predicted octanol–water partition coefficient (Wildman–Crippen LogP) is 4.25. The van der Waals surface area contributed by atoms with Crippen molar-refractivity contribution in [2.24, 2.45) is 5.92 Å². The summed E-state index contributed by atoms with van der Waals surface area (Å²) in [6, 6.07) is 5.74. The Morgan fingerprint density at radius 2 is 1.38 bits per heavy atom. The number of benzene rings is 1. The number of hydrogen-bond acceptors (Lipinski definition) is 11. The summed E-state index contributed by atoms with van der Waals surface area (Å²) in [5.74, 6) is -1.51. The van der Waals surface area contributed by atoms with Gasteiger partial charge in [-0.3, -0.25) is 14.4 Å². The Labute approximate surface area is 229 Å². The predicted molar refractivity (Wildman–Crippen MR) is 138 cm³/mol. The second-order valence-electron chi connectivity index (χ2n) is 10.00. The highest BCUT2D eigenvalue weighted by Crippen LogP contribution is 2.35. The summed E-state index contributed by atoms with van der Waals surface area (Å²) in [4.78, 5) is 47.5. The molecule has 0 aliphatic carbocycles. The van der Waals surface area contributed by atoms with Crippen molar-refractivity contribution in [3.05, 3.63) is 29.3 Å². The lowest BCUT2D eigenvalue weighted by Crippen LogP contribution is -2.58. The van der Waals surface area contributed by atoms with Crippen molar-refractivity contribution in [1.82, 2.24) is 0 Å². The van der Waals surface area contributed by atoms with Gasteiger partial charge in [0.1, 0.15) is 31.2 Å². The lowest BCUT2D eigenvalue weighted by atomic mass is 9.90. The molecule has 218 valence electrons. The first-order chi connectivity index (χ1) is 18.3. The van der Waals surface area contributed by atoms with E-state index in [-0.39, 0.29) is 31.7 Å². The van der Waals surface area contributed by atoms with Gasteiger partial charge in [0.25, 0.3) is 0 Å². The van der Waals surface area contributed by atoms with Crippen LogP contribution in [0.2, 0.25) is 0 Å². The Hall–Kier alpha value is -3.18. The molecule has 0 saturated carbocycles. The minimum Gasteiger partial charge on any atom is -0.463 e. The molecule has 2 rings (SSSR count). The van der Waals surface area contributed by atoms with E-state index in [1.54, 1.807) is 6.92 Å². The number of hydrogen-bond donors (Lipinski definition) is 0. The third-order valence-electron chi connectivity index (χ3n) is 6.15. The molecule has 1 fully saturated rings. The summed E-state index contributed by atoms with van der Waals surface area (Å²) in [6.07, 6.45) is -4.84. The molecular weight excluding hydrogens is 512 g/mol. The molecule has 39 heavy (non-hydrogen) atoms. The van der Waals surface area contributed by atoms with Crippen LogP contribution in [0, 0.1) is 5.92 Å². The van der Waals surface area contributed by atoms with Crippen molar-refractivity contribution in [2.45, 2.75) is 91.8 Å². The topological polar surface area (TPSA) is 133 Å². The first-order valence-electron chi connectivity index (χ1n) is 13.0. The third-order valence-corrected chi connectivity index (χ3v) is 6.15. The zero-order valence-corrected chi connectivity index (χ0v) is 23.9. The molecule has 11 nitrogen and oxygen atoms in total. The van der Waals surface area contributed by atoms with Crippen molar-refractivity contribution in [2.75, 3.05) is 19.8 Å². The highest BCUT2D eigenvalue weighted by Gasteiger charge is 2.48. The largest absolute Gasteiger partial charge is 0.513 e. The maximum absolute atomic E-state index is 12.5. The number of rotatable bonds is 11. The van der Waals surface area contributed by atoms with Crippen LogP contribution in [0.5, 0.6) is 5.75 Å². The second kappa shape index (κ2) is 14.8. The summed E-state index contributed by atoms with van der Waals surface area (Å²) in [5, 5.41) is 0. The standard InChI is InChI=1S/C28H40O11/c1-15(2)21-10-9-11-22(16(3)4)25(21)39-28(32)34-13-12-33-27-26(37-20(8)31)24(36-19(7)30)17(5)23(38-27)14-35-18(6)29/h9-11,15-17,23-24,26-27H,12-14H2,1-8H3/t17-,23?,24?,26-,27?/m1/s1. The average molecular weight is 553 g/mol. The van der Waals surface area contributed by atoms with Gasteiger partial charge in [-0.25, -0.2) is 4.79 Å². The van der Waals surface area contributed by atoms with Crippen LogP contribution in [0.25, 0.3) is 0 Å². The summed E-state index contributed by atoms with van der Waals surface area (Å²) in [6.45, 7) is 13.0. The highest BCUT2D eigenvalue weighted by atomic mass is 16.7. The molecule has 3 unspecified atom stereocenters. The summed E-state index contributed by atoms with van der Waals surface area (Å²) in [7, 11) is 0. The normalized spacial score (nSPS) is 22.8. The summed E-state index contributed by atoms with van der Waals surface area (Å²) < 4.78 is 38.4. The monoisotopic (exact) mass is 552 g/mol. The van der Waals surface area contributed by atoms with Gasteiger partial charge in [0, 0.05) is 26.7 Å². The van der Waals surface area contributed by atoms with E-state index < -0.39 is 54.6 Å². The molecule has 0 aromatic heterocycles. The van der Waals surface area contributed by atoms with Gasteiger partial charge in [-0.15, -0.1) is 0 Å². The first-order valence-corrected chi connectivity index (χ1v) is 13.0. The Morgan fingerprint density at radius 3 is 1.90 bits per heavy atom. The van der Waals surface area contributed by atoms with Gasteiger partial charge in [0.2, 0.25) is 0 Å². The molecule has 1 saturated heterocycles. The molecule has 0 radical (unpaired) electrons. The summed E-state index contributed by atoms with van der Waals surface area (Å²) >= 11 is 0. The Balaban J connectivity index is 2.09. The van der Waals surface area contributed by atoms with E-state index in [0.717, 1.165) is 11.1 Å². The minimum atomic E-state index is -1.19. The molecule has 0 N–H and O–H groups in total. The molecule has 1 aromatic rings. The van der Waals surface area contributed by atoms with E-state index in [2.05, 4.69) is 0 Å². The highest BCUT2D eigenvalue weighted by molar-refractivity contribution is 5.68. The molecule has 1 aliphatic rings. The van der Waals surface area contributed by atoms with Crippen molar-refractivity contribution in [3.63, 3.8) is 0 Å². The quantitative estimate of drug-likeness (QED) is 0.169. The van der Waals surface area contributed by atoms with E-state index in [4.69, 9.17) is 33.2 Å². The van der Waals surface area contributed by atoms with E-state index >= 15 is 0 Å². The van der Waals surface area contributed by atoms with E-state index in [1.165, 1.54) is 20.8 Å². The number of carbonyl (C=O) groups excluding carboxylic acids is 4. The second-order valence-corrected chi connectivity index (χ2v) is 10.00. The third kappa shape index (κ3) is 9.50. The average Bonchev–Trinajstić information content (AvgIpc) is 2.83. The number of ether oxygens (including phenoxy) is 7. The molecular formula is C28H40O11. The van der Waals surface area contributed by atoms with Crippen LogP contribution in [0.15, 0.2) is 18.2 Å². The van der Waals surface area contributed by atoms with Crippen molar-refractivity contribution < 1.29 is 52.3 Å². The van der Waals surface area contributed by atoms with Crippen LogP contribution in [0.3, 0.4) is 0 Å². The lowest BCUT2D eigenvalue weighted by Gasteiger charge is -2.43. The maximum Gasteiger partial charge on any atom is 0.513 e. The van der Waals surface area contributed by atoms with E-state index in [0.29, 0.717) is 5.75 Å². The zero-order chi connectivity index (χ0) is 29.3. The number of esters is 3. The number of carbonyl (C=O) groups is 4. The van der Waals surface area contributed by atoms with Crippen LogP contribution >= 0.6 is 0 Å². The molecule has 1 heterocycles. The molecule has 11 heteroatoms. The van der Waals surface area contributed by atoms with Crippen molar-refractivity contribution >= 4 is 24.1 Å². The fourth-order valence-electron chi connectivity index (χ4n) is 4.25.